The Morgan fingerprint density at radius 2 is 2.22 bits per heavy atom. The van der Waals surface area contributed by atoms with Crippen molar-refractivity contribution >= 4 is 12.0 Å². The summed E-state index contributed by atoms with van der Waals surface area (Å²) >= 11 is 0. The number of urea groups is 1. The lowest BCUT2D eigenvalue weighted by Crippen LogP contribution is -2.45. The molecule has 0 spiro atoms. The molecule has 0 radical (unpaired) electrons. The van der Waals surface area contributed by atoms with Crippen LogP contribution in [0.25, 0.3) is 0 Å². The Hall–Kier alpha value is -1.30. The number of hydrogen-bond acceptors (Lipinski definition) is 3. The van der Waals surface area contributed by atoms with Crippen molar-refractivity contribution in [3.63, 3.8) is 0 Å². The van der Waals surface area contributed by atoms with Gasteiger partial charge in [-0.25, -0.2) is 4.79 Å². The van der Waals surface area contributed by atoms with Crippen LogP contribution in [0, 0.1) is 5.92 Å². The van der Waals surface area contributed by atoms with Crippen LogP contribution in [0.3, 0.4) is 0 Å². The molecule has 0 aromatic carbocycles. The van der Waals surface area contributed by atoms with Crippen LogP contribution in [-0.4, -0.2) is 66.7 Å². The van der Waals surface area contributed by atoms with Crippen LogP contribution in [-0.2, 0) is 4.79 Å². The van der Waals surface area contributed by atoms with E-state index < -0.39 is 11.9 Å². The number of aliphatic carboxylic acids is 1. The van der Waals surface area contributed by atoms with Crippen LogP contribution < -0.4 is 5.32 Å². The molecule has 0 aliphatic carbocycles. The monoisotopic (exact) mass is 257 g/mol. The van der Waals surface area contributed by atoms with Gasteiger partial charge in [0, 0.05) is 26.2 Å². The Morgan fingerprint density at radius 1 is 1.56 bits per heavy atom. The first-order chi connectivity index (χ1) is 8.41. The lowest BCUT2D eigenvalue weighted by Gasteiger charge is -2.23. The Bertz CT molecular complexity index is 309. The van der Waals surface area contributed by atoms with Gasteiger partial charge in [0.1, 0.15) is 0 Å². The highest BCUT2D eigenvalue weighted by atomic mass is 16.4. The summed E-state index contributed by atoms with van der Waals surface area (Å²) in [5.74, 6) is -1.43. The van der Waals surface area contributed by atoms with Gasteiger partial charge in [0.15, 0.2) is 0 Å². The van der Waals surface area contributed by atoms with E-state index in [-0.39, 0.29) is 12.6 Å². The molecular weight excluding hydrogens is 234 g/mol. The van der Waals surface area contributed by atoms with E-state index in [2.05, 4.69) is 17.3 Å². The van der Waals surface area contributed by atoms with Crippen LogP contribution in [0.15, 0.2) is 0 Å². The van der Waals surface area contributed by atoms with E-state index >= 15 is 0 Å². The zero-order valence-electron chi connectivity index (χ0n) is 11.3. The first-order valence-corrected chi connectivity index (χ1v) is 6.33. The van der Waals surface area contributed by atoms with Gasteiger partial charge in [0.25, 0.3) is 0 Å². The highest BCUT2D eigenvalue weighted by Crippen LogP contribution is 2.13. The van der Waals surface area contributed by atoms with Crippen molar-refractivity contribution in [2.75, 3.05) is 33.7 Å². The third kappa shape index (κ3) is 4.18. The highest BCUT2D eigenvalue weighted by molar-refractivity contribution is 5.75. The van der Waals surface area contributed by atoms with Crippen molar-refractivity contribution in [2.24, 2.45) is 5.92 Å². The molecule has 2 atom stereocenters. The molecule has 6 nitrogen and oxygen atoms in total. The van der Waals surface area contributed by atoms with Gasteiger partial charge in [-0.15, -0.1) is 0 Å². The molecule has 2 amide bonds. The second-order valence-corrected chi connectivity index (χ2v) is 5.08. The van der Waals surface area contributed by atoms with Crippen molar-refractivity contribution in [2.45, 2.75) is 25.8 Å². The van der Waals surface area contributed by atoms with Crippen molar-refractivity contribution in [1.29, 1.82) is 0 Å². The summed E-state index contributed by atoms with van der Waals surface area (Å²) in [6, 6.07) is 0.197. The van der Waals surface area contributed by atoms with Gasteiger partial charge < -0.3 is 20.2 Å². The van der Waals surface area contributed by atoms with Gasteiger partial charge in [-0.3, -0.25) is 4.79 Å². The summed E-state index contributed by atoms with van der Waals surface area (Å²) in [7, 11) is 3.67. The molecule has 2 N–H and O–H groups in total. The third-order valence-corrected chi connectivity index (χ3v) is 3.48. The number of likely N-dealkylation sites (tertiary alicyclic amines) is 1. The minimum atomic E-state index is -0.884. The van der Waals surface area contributed by atoms with E-state index in [1.165, 1.54) is 11.3 Å². The second-order valence-electron chi connectivity index (χ2n) is 5.08. The molecule has 1 aliphatic heterocycles. The zero-order chi connectivity index (χ0) is 13.7. The Balaban J connectivity index is 2.29. The van der Waals surface area contributed by atoms with Crippen LogP contribution in [0.4, 0.5) is 4.79 Å². The maximum Gasteiger partial charge on any atom is 0.317 e. The number of carbonyl (C=O) groups is 2. The van der Waals surface area contributed by atoms with E-state index in [0.717, 1.165) is 13.0 Å². The molecule has 104 valence electrons. The lowest BCUT2D eigenvalue weighted by molar-refractivity contribution is -0.141. The van der Waals surface area contributed by atoms with Crippen molar-refractivity contribution in [3.05, 3.63) is 0 Å². The Kier molecular flexibility index (Phi) is 5.40. The molecular formula is C12H23N3O3. The number of hydrogen-bond donors (Lipinski definition) is 2. The van der Waals surface area contributed by atoms with Crippen LogP contribution >= 0.6 is 0 Å². The highest BCUT2D eigenvalue weighted by Gasteiger charge is 2.22. The van der Waals surface area contributed by atoms with Crippen LogP contribution in [0.2, 0.25) is 0 Å². The summed E-state index contributed by atoms with van der Waals surface area (Å²) in [5, 5.41) is 11.6. The number of likely N-dealkylation sites (N-methyl/N-ethyl adjacent to an activating group) is 1. The summed E-state index contributed by atoms with van der Waals surface area (Å²) in [6.45, 7) is 3.52. The fourth-order valence-electron chi connectivity index (χ4n) is 2.15. The first kappa shape index (κ1) is 14.8. The number of amides is 2. The molecule has 1 saturated heterocycles. The summed E-state index contributed by atoms with van der Waals surface area (Å²) < 4.78 is 0. The maximum absolute atomic E-state index is 11.8. The van der Waals surface area contributed by atoms with Gasteiger partial charge in [-0.05, 0) is 26.4 Å². The zero-order valence-corrected chi connectivity index (χ0v) is 11.3. The van der Waals surface area contributed by atoms with E-state index in [1.807, 2.05) is 0 Å². The van der Waals surface area contributed by atoms with E-state index in [9.17, 15) is 9.59 Å². The quantitative estimate of drug-likeness (QED) is 0.749. The molecule has 18 heavy (non-hydrogen) atoms. The van der Waals surface area contributed by atoms with Crippen LogP contribution in [0.5, 0.6) is 0 Å². The summed E-state index contributed by atoms with van der Waals surface area (Å²) in [5.41, 5.74) is 0. The van der Waals surface area contributed by atoms with Gasteiger partial charge in [-0.1, -0.05) is 6.92 Å². The molecule has 6 heteroatoms. The maximum atomic E-state index is 11.8. The molecule has 1 aliphatic rings. The van der Waals surface area contributed by atoms with Crippen molar-refractivity contribution < 1.29 is 14.7 Å². The summed E-state index contributed by atoms with van der Waals surface area (Å²) in [6.07, 6.45) is 2.27. The fraction of sp³-hybridized carbons (Fsp3) is 0.833. The number of nitrogens with zero attached hydrogens (tertiary/aromatic N) is 2. The molecule has 1 fully saturated rings. The first-order valence-electron chi connectivity index (χ1n) is 6.33. The average Bonchev–Trinajstić information content (AvgIpc) is 2.71. The largest absolute Gasteiger partial charge is 0.481 e. The van der Waals surface area contributed by atoms with E-state index in [1.54, 1.807) is 14.0 Å². The van der Waals surface area contributed by atoms with Crippen molar-refractivity contribution in [1.82, 2.24) is 15.1 Å². The predicted molar refractivity (Wildman–Crippen MR) is 68.5 cm³/mol. The van der Waals surface area contributed by atoms with E-state index in [0.29, 0.717) is 12.6 Å². The minimum absolute atomic E-state index is 0.205. The summed E-state index contributed by atoms with van der Waals surface area (Å²) in [4.78, 5) is 26.1. The van der Waals surface area contributed by atoms with Crippen molar-refractivity contribution in [3.8, 4) is 0 Å². The van der Waals surface area contributed by atoms with Gasteiger partial charge >= 0.3 is 12.0 Å². The number of carboxylic acids is 1. The Labute approximate surface area is 108 Å². The van der Waals surface area contributed by atoms with E-state index in [4.69, 9.17) is 5.11 Å². The number of nitrogens with one attached hydrogen (secondary N) is 1. The molecule has 1 rings (SSSR count). The smallest absolute Gasteiger partial charge is 0.317 e. The predicted octanol–water partition coefficient (Wildman–Crippen LogP) is 0.443. The SMILES string of the molecule is CC(CN(C)C(=O)NCC1CCCN1C)C(=O)O. The average molecular weight is 257 g/mol. The van der Waals surface area contributed by atoms with Crippen LogP contribution in [0.1, 0.15) is 19.8 Å². The van der Waals surface area contributed by atoms with Gasteiger partial charge in [0.05, 0.1) is 5.92 Å². The fourth-order valence-corrected chi connectivity index (χ4v) is 2.15. The van der Waals surface area contributed by atoms with Gasteiger partial charge in [-0.2, -0.15) is 0 Å². The number of rotatable bonds is 5. The lowest BCUT2D eigenvalue weighted by atomic mass is 10.2. The molecule has 1 heterocycles. The second kappa shape index (κ2) is 6.58. The third-order valence-electron chi connectivity index (χ3n) is 3.48. The molecule has 2 unspecified atom stereocenters. The molecule has 0 saturated carbocycles. The number of carboxylic acid groups (broad SMARTS) is 1. The molecule has 0 bridgehead atoms. The molecule has 0 aromatic rings. The normalized spacial score (nSPS) is 21.6. The standard InChI is InChI=1S/C12H23N3O3/c1-9(11(16)17)8-15(3)12(18)13-7-10-5-4-6-14(10)2/h9-10H,4-8H2,1-3H3,(H,13,18)(H,16,17). The Morgan fingerprint density at radius 3 is 2.72 bits per heavy atom. The number of carbonyl (C=O) groups excluding carboxylic acids is 1. The molecule has 0 aromatic heterocycles. The van der Waals surface area contributed by atoms with Gasteiger partial charge in [0.2, 0.25) is 0 Å². The minimum Gasteiger partial charge on any atom is -0.481 e. The topological polar surface area (TPSA) is 72.9 Å².